The Bertz CT molecular complexity index is 310. The highest BCUT2D eigenvalue weighted by molar-refractivity contribution is 5.27. The Morgan fingerprint density at radius 2 is 1.92 bits per heavy atom. The third-order valence-electron chi connectivity index (χ3n) is 1.62. The van der Waals surface area contributed by atoms with Gasteiger partial charge in [0.15, 0.2) is 5.60 Å². The average Bonchev–Trinajstić information content (AvgIpc) is 2.05. The van der Waals surface area contributed by atoms with Crippen molar-refractivity contribution < 1.29 is 9.50 Å². The highest BCUT2D eigenvalue weighted by Crippen LogP contribution is 2.18. The molecule has 2 nitrogen and oxygen atoms in total. The van der Waals surface area contributed by atoms with E-state index in [1.807, 2.05) is 0 Å². The number of nitriles is 1. The summed E-state index contributed by atoms with van der Waals surface area (Å²) in [6.07, 6.45) is 0. The molecule has 62 valence electrons. The molecule has 12 heavy (non-hydrogen) atoms. The van der Waals surface area contributed by atoms with Gasteiger partial charge in [0.25, 0.3) is 0 Å². The highest BCUT2D eigenvalue weighted by atomic mass is 19.1. The molecule has 0 aliphatic heterocycles. The number of benzene rings is 1. The third kappa shape index (κ3) is 1.60. The fourth-order valence-electron chi connectivity index (χ4n) is 0.839. The molecular formula is C9H8FNO. The van der Waals surface area contributed by atoms with E-state index < -0.39 is 5.60 Å². The molecule has 0 heterocycles. The molecule has 0 aromatic heterocycles. The molecule has 1 N–H and O–H groups in total. The predicted molar refractivity (Wildman–Crippen MR) is 41.6 cm³/mol. The molecule has 0 amide bonds. The lowest BCUT2D eigenvalue weighted by Gasteiger charge is -2.13. The van der Waals surface area contributed by atoms with Gasteiger partial charge in [0.05, 0.1) is 0 Å². The maximum atomic E-state index is 12.4. The SMILES string of the molecule is C[C@](O)(C#N)c1ccc(F)cc1. The van der Waals surface area contributed by atoms with E-state index in [0.29, 0.717) is 5.56 Å². The molecule has 3 heteroatoms. The summed E-state index contributed by atoms with van der Waals surface area (Å²) in [5.74, 6) is -0.382. The minimum Gasteiger partial charge on any atom is -0.372 e. The molecule has 0 spiro atoms. The lowest BCUT2D eigenvalue weighted by Crippen LogP contribution is -2.17. The average molecular weight is 165 g/mol. The zero-order valence-corrected chi connectivity index (χ0v) is 6.58. The molecule has 1 atom stereocenters. The van der Waals surface area contributed by atoms with Crippen molar-refractivity contribution in [2.75, 3.05) is 0 Å². The van der Waals surface area contributed by atoms with Crippen LogP contribution in [0.25, 0.3) is 0 Å². The number of nitrogens with zero attached hydrogens (tertiary/aromatic N) is 1. The minimum absolute atomic E-state index is 0.382. The van der Waals surface area contributed by atoms with E-state index in [0.717, 1.165) is 0 Å². The topological polar surface area (TPSA) is 44.0 Å². The molecule has 0 fully saturated rings. The van der Waals surface area contributed by atoms with E-state index in [-0.39, 0.29) is 5.82 Å². The van der Waals surface area contributed by atoms with Gasteiger partial charge < -0.3 is 5.11 Å². The maximum absolute atomic E-state index is 12.4. The van der Waals surface area contributed by atoms with E-state index >= 15 is 0 Å². The Morgan fingerprint density at radius 1 is 1.42 bits per heavy atom. The summed E-state index contributed by atoms with van der Waals surface area (Å²) < 4.78 is 12.4. The molecule has 0 aliphatic rings. The first-order chi connectivity index (χ1) is 5.56. The molecule has 0 saturated carbocycles. The Labute approximate surface area is 69.9 Å². The Balaban J connectivity index is 3.07. The maximum Gasteiger partial charge on any atom is 0.173 e. The number of halogens is 1. The number of aliphatic hydroxyl groups is 1. The standard InChI is InChI=1S/C9H8FNO/c1-9(12,6-11)7-2-4-8(10)5-3-7/h2-5,12H,1H3/t9-/m0/s1. The Kier molecular flexibility index (Phi) is 2.11. The van der Waals surface area contributed by atoms with Gasteiger partial charge in [-0.25, -0.2) is 4.39 Å². The molecule has 0 aliphatic carbocycles. The first kappa shape index (κ1) is 8.69. The first-order valence-corrected chi connectivity index (χ1v) is 3.46. The largest absolute Gasteiger partial charge is 0.372 e. The van der Waals surface area contributed by atoms with Crippen molar-refractivity contribution in [3.8, 4) is 6.07 Å². The number of hydrogen-bond acceptors (Lipinski definition) is 2. The molecule has 1 aromatic rings. The van der Waals surface area contributed by atoms with Crippen molar-refractivity contribution in [1.29, 1.82) is 5.26 Å². The van der Waals surface area contributed by atoms with Crippen molar-refractivity contribution >= 4 is 0 Å². The summed E-state index contributed by atoms with van der Waals surface area (Å²) in [7, 11) is 0. The molecule has 1 aromatic carbocycles. The third-order valence-corrected chi connectivity index (χ3v) is 1.62. The smallest absolute Gasteiger partial charge is 0.173 e. The zero-order valence-electron chi connectivity index (χ0n) is 6.58. The number of rotatable bonds is 1. The molecule has 0 saturated heterocycles. The van der Waals surface area contributed by atoms with Gasteiger partial charge in [0, 0.05) is 0 Å². The Hall–Kier alpha value is -1.40. The van der Waals surface area contributed by atoms with Gasteiger partial charge in [-0.1, -0.05) is 12.1 Å². The predicted octanol–water partition coefficient (Wildman–Crippen LogP) is 1.56. The second-order valence-corrected chi connectivity index (χ2v) is 2.69. The first-order valence-electron chi connectivity index (χ1n) is 3.46. The van der Waals surface area contributed by atoms with E-state index in [2.05, 4.69) is 0 Å². The summed E-state index contributed by atoms with van der Waals surface area (Å²) in [4.78, 5) is 0. The second kappa shape index (κ2) is 2.92. The normalized spacial score (nSPS) is 14.8. The van der Waals surface area contributed by atoms with Gasteiger partial charge in [-0.2, -0.15) is 5.26 Å². The molecule has 1 rings (SSSR count). The second-order valence-electron chi connectivity index (χ2n) is 2.69. The fourth-order valence-corrected chi connectivity index (χ4v) is 0.839. The van der Waals surface area contributed by atoms with Crippen LogP contribution in [0, 0.1) is 17.1 Å². The van der Waals surface area contributed by atoms with E-state index in [9.17, 15) is 9.50 Å². The van der Waals surface area contributed by atoms with Gasteiger partial charge >= 0.3 is 0 Å². The van der Waals surface area contributed by atoms with Gasteiger partial charge in [-0.15, -0.1) is 0 Å². The van der Waals surface area contributed by atoms with Crippen molar-refractivity contribution in [3.05, 3.63) is 35.6 Å². The fraction of sp³-hybridized carbons (Fsp3) is 0.222. The van der Waals surface area contributed by atoms with Crippen LogP contribution < -0.4 is 0 Å². The van der Waals surface area contributed by atoms with Crippen LogP contribution in [0.15, 0.2) is 24.3 Å². The van der Waals surface area contributed by atoms with Gasteiger partial charge in [0.2, 0.25) is 0 Å². The summed E-state index contributed by atoms with van der Waals surface area (Å²) in [6, 6.07) is 6.90. The highest BCUT2D eigenvalue weighted by Gasteiger charge is 2.21. The van der Waals surface area contributed by atoms with Crippen molar-refractivity contribution in [2.45, 2.75) is 12.5 Å². The molecule has 0 radical (unpaired) electrons. The van der Waals surface area contributed by atoms with Crippen molar-refractivity contribution in [2.24, 2.45) is 0 Å². The van der Waals surface area contributed by atoms with E-state index in [4.69, 9.17) is 5.26 Å². The van der Waals surface area contributed by atoms with Crippen LogP contribution in [-0.2, 0) is 5.60 Å². The summed E-state index contributed by atoms with van der Waals surface area (Å²) in [5, 5.41) is 17.9. The van der Waals surface area contributed by atoms with Crippen molar-refractivity contribution in [1.82, 2.24) is 0 Å². The lowest BCUT2D eigenvalue weighted by molar-refractivity contribution is 0.119. The molecule has 0 bridgehead atoms. The number of hydrogen-bond donors (Lipinski definition) is 1. The van der Waals surface area contributed by atoms with Crippen LogP contribution in [0.2, 0.25) is 0 Å². The van der Waals surface area contributed by atoms with Crippen LogP contribution in [0.1, 0.15) is 12.5 Å². The summed E-state index contributed by atoms with van der Waals surface area (Å²) >= 11 is 0. The molecule has 0 unspecified atom stereocenters. The van der Waals surface area contributed by atoms with Crippen LogP contribution in [-0.4, -0.2) is 5.11 Å². The van der Waals surface area contributed by atoms with Crippen molar-refractivity contribution in [3.63, 3.8) is 0 Å². The summed E-state index contributed by atoms with van der Waals surface area (Å²) in [5.41, 5.74) is -1.14. The van der Waals surface area contributed by atoms with Gasteiger partial charge in [0.1, 0.15) is 11.9 Å². The van der Waals surface area contributed by atoms with Gasteiger partial charge in [-0.3, -0.25) is 0 Å². The quantitative estimate of drug-likeness (QED) is 0.641. The van der Waals surface area contributed by atoms with E-state index in [1.54, 1.807) is 6.07 Å². The minimum atomic E-state index is -1.53. The van der Waals surface area contributed by atoms with Crippen LogP contribution in [0.5, 0.6) is 0 Å². The molecular weight excluding hydrogens is 157 g/mol. The lowest BCUT2D eigenvalue weighted by atomic mass is 9.98. The summed E-state index contributed by atoms with van der Waals surface area (Å²) in [6.45, 7) is 1.36. The monoisotopic (exact) mass is 165 g/mol. The van der Waals surface area contributed by atoms with Gasteiger partial charge in [-0.05, 0) is 24.6 Å². The van der Waals surface area contributed by atoms with Crippen LogP contribution >= 0.6 is 0 Å². The van der Waals surface area contributed by atoms with Crippen LogP contribution in [0.3, 0.4) is 0 Å². The zero-order chi connectivity index (χ0) is 9.19. The van der Waals surface area contributed by atoms with E-state index in [1.165, 1.54) is 31.2 Å². The van der Waals surface area contributed by atoms with Crippen LogP contribution in [0.4, 0.5) is 4.39 Å². The Morgan fingerprint density at radius 3 is 2.33 bits per heavy atom.